The Morgan fingerprint density at radius 3 is 2.71 bits per heavy atom. The van der Waals surface area contributed by atoms with Crippen LogP contribution < -0.4 is 5.32 Å². The van der Waals surface area contributed by atoms with Gasteiger partial charge < -0.3 is 5.32 Å². The normalized spacial score (nSPS) is 11.8. The van der Waals surface area contributed by atoms with E-state index in [1.54, 1.807) is 0 Å². The van der Waals surface area contributed by atoms with Gasteiger partial charge in [-0.2, -0.15) is 0 Å². The average molecular weight is 281 g/mol. The first-order valence-corrected chi connectivity index (χ1v) is 7.03. The van der Waals surface area contributed by atoms with E-state index in [9.17, 15) is 0 Å². The molecule has 3 aromatic rings. The van der Waals surface area contributed by atoms with Crippen molar-refractivity contribution >= 4 is 16.6 Å². The summed E-state index contributed by atoms with van der Waals surface area (Å²) in [6, 6.07) is 10.1. The summed E-state index contributed by atoms with van der Waals surface area (Å²) in [6.07, 6.45) is 3.79. The van der Waals surface area contributed by atoms with Crippen LogP contribution in [0.1, 0.15) is 26.5 Å². The fourth-order valence-electron chi connectivity index (χ4n) is 2.14. The van der Waals surface area contributed by atoms with Crippen LogP contribution in [-0.4, -0.2) is 20.0 Å². The molecule has 0 aliphatic carbocycles. The minimum atomic E-state index is -0.0494. The van der Waals surface area contributed by atoms with Gasteiger partial charge in [-0.3, -0.25) is 4.98 Å². The van der Waals surface area contributed by atoms with E-state index >= 15 is 0 Å². The van der Waals surface area contributed by atoms with Gasteiger partial charge in [0.2, 0.25) is 0 Å². The van der Waals surface area contributed by atoms with Crippen molar-refractivity contribution in [2.24, 2.45) is 0 Å². The first-order chi connectivity index (χ1) is 10.0. The monoisotopic (exact) mass is 281 g/mol. The van der Waals surface area contributed by atoms with E-state index in [2.05, 4.69) is 53.5 Å². The van der Waals surface area contributed by atoms with Crippen LogP contribution in [0.5, 0.6) is 0 Å². The van der Waals surface area contributed by atoms with Crippen LogP contribution in [-0.2, 0) is 12.1 Å². The number of fused-ring (bicyclic) bond motifs is 1. The van der Waals surface area contributed by atoms with E-state index in [0.29, 0.717) is 6.54 Å². The second kappa shape index (κ2) is 5.16. The predicted octanol–water partition coefficient (Wildman–Crippen LogP) is 3.19. The van der Waals surface area contributed by atoms with E-state index in [0.717, 1.165) is 22.3 Å². The highest BCUT2D eigenvalue weighted by Gasteiger charge is 2.14. The second-order valence-electron chi connectivity index (χ2n) is 6.06. The highest BCUT2D eigenvalue weighted by molar-refractivity contribution is 5.90. The molecule has 21 heavy (non-hydrogen) atoms. The molecule has 0 saturated heterocycles. The third kappa shape index (κ3) is 2.86. The molecule has 0 amide bonds. The quantitative estimate of drug-likeness (QED) is 0.801. The molecule has 1 N–H and O–H groups in total. The highest BCUT2D eigenvalue weighted by atomic mass is 15.4. The summed E-state index contributed by atoms with van der Waals surface area (Å²) in [7, 11) is 0. The third-order valence-corrected chi connectivity index (χ3v) is 3.32. The molecule has 108 valence electrons. The lowest BCUT2D eigenvalue weighted by Gasteiger charge is -2.17. The lowest BCUT2D eigenvalue weighted by atomic mass is 10.1. The summed E-state index contributed by atoms with van der Waals surface area (Å²) in [4.78, 5) is 4.43. The number of para-hydroxylation sites is 1. The van der Waals surface area contributed by atoms with Crippen molar-refractivity contribution < 1.29 is 0 Å². The van der Waals surface area contributed by atoms with Crippen molar-refractivity contribution in [2.45, 2.75) is 32.9 Å². The number of benzene rings is 1. The van der Waals surface area contributed by atoms with Gasteiger partial charge in [-0.1, -0.05) is 23.4 Å². The molecule has 3 rings (SSSR count). The molecule has 1 aromatic carbocycles. The average Bonchev–Trinajstić information content (AvgIpc) is 2.94. The van der Waals surface area contributed by atoms with Gasteiger partial charge in [0.15, 0.2) is 0 Å². The molecule has 5 heteroatoms. The molecule has 0 aliphatic rings. The van der Waals surface area contributed by atoms with Crippen molar-refractivity contribution in [3.8, 4) is 0 Å². The molecule has 0 radical (unpaired) electrons. The van der Waals surface area contributed by atoms with E-state index in [4.69, 9.17) is 0 Å². The van der Waals surface area contributed by atoms with Gasteiger partial charge >= 0.3 is 0 Å². The van der Waals surface area contributed by atoms with Crippen LogP contribution in [0.3, 0.4) is 0 Å². The Hall–Kier alpha value is -2.43. The van der Waals surface area contributed by atoms with Crippen molar-refractivity contribution in [2.75, 3.05) is 5.32 Å². The minimum Gasteiger partial charge on any atom is -0.377 e. The van der Waals surface area contributed by atoms with Crippen molar-refractivity contribution in [1.29, 1.82) is 0 Å². The summed E-state index contributed by atoms with van der Waals surface area (Å²) in [5.74, 6) is 0. The van der Waals surface area contributed by atoms with Crippen LogP contribution in [0.25, 0.3) is 10.9 Å². The Morgan fingerprint density at radius 1 is 1.14 bits per heavy atom. The van der Waals surface area contributed by atoms with Gasteiger partial charge in [0.05, 0.1) is 29.5 Å². The van der Waals surface area contributed by atoms with Gasteiger partial charge in [-0.25, -0.2) is 4.68 Å². The predicted molar refractivity (Wildman–Crippen MR) is 84.1 cm³/mol. The number of pyridine rings is 1. The number of rotatable bonds is 3. The van der Waals surface area contributed by atoms with E-state index in [1.807, 2.05) is 35.3 Å². The van der Waals surface area contributed by atoms with E-state index in [1.165, 1.54) is 0 Å². The van der Waals surface area contributed by atoms with Crippen LogP contribution >= 0.6 is 0 Å². The van der Waals surface area contributed by atoms with E-state index in [-0.39, 0.29) is 5.54 Å². The molecule has 2 heterocycles. The maximum atomic E-state index is 4.43. The number of nitrogens with one attached hydrogen (secondary N) is 1. The van der Waals surface area contributed by atoms with Crippen LogP contribution in [0, 0.1) is 0 Å². The van der Waals surface area contributed by atoms with Crippen LogP contribution in [0.4, 0.5) is 5.69 Å². The molecule has 5 nitrogen and oxygen atoms in total. The number of nitrogens with zero attached hydrogens (tertiary/aromatic N) is 4. The SMILES string of the molecule is CC(C)(C)n1cc(CNc2cccc3cccnc23)nn1. The Labute approximate surface area is 124 Å². The Kier molecular flexibility index (Phi) is 3.33. The fourth-order valence-corrected chi connectivity index (χ4v) is 2.14. The van der Waals surface area contributed by atoms with Crippen molar-refractivity contribution in [3.05, 3.63) is 48.4 Å². The molecule has 0 bridgehead atoms. The zero-order valence-corrected chi connectivity index (χ0v) is 12.5. The summed E-state index contributed by atoms with van der Waals surface area (Å²) < 4.78 is 1.88. The zero-order chi connectivity index (χ0) is 14.9. The van der Waals surface area contributed by atoms with Gasteiger partial charge in [-0.05, 0) is 32.9 Å². The highest BCUT2D eigenvalue weighted by Crippen LogP contribution is 2.21. The standard InChI is InChI=1S/C16H19N5/c1-16(2,3)21-11-13(19-20-21)10-18-14-8-4-6-12-7-5-9-17-15(12)14/h4-9,11,18H,10H2,1-3H3. The number of hydrogen-bond acceptors (Lipinski definition) is 4. The first kappa shape index (κ1) is 13.5. The molecule has 0 saturated carbocycles. The van der Waals surface area contributed by atoms with Gasteiger partial charge in [-0.15, -0.1) is 5.10 Å². The smallest absolute Gasteiger partial charge is 0.102 e. The molecular weight excluding hydrogens is 262 g/mol. The molecule has 2 aromatic heterocycles. The topological polar surface area (TPSA) is 55.6 Å². The lowest BCUT2D eigenvalue weighted by molar-refractivity contribution is 0.347. The maximum Gasteiger partial charge on any atom is 0.102 e. The Bertz CT molecular complexity index is 749. The van der Waals surface area contributed by atoms with Crippen molar-refractivity contribution in [3.63, 3.8) is 0 Å². The Balaban J connectivity index is 1.79. The summed E-state index contributed by atoms with van der Waals surface area (Å²) in [6.45, 7) is 6.94. The molecule has 0 atom stereocenters. The second-order valence-corrected chi connectivity index (χ2v) is 6.06. The molecule has 0 spiro atoms. The largest absolute Gasteiger partial charge is 0.377 e. The molecular formula is C16H19N5. The molecule has 0 fully saturated rings. The fraction of sp³-hybridized carbons (Fsp3) is 0.312. The number of hydrogen-bond donors (Lipinski definition) is 1. The summed E-state index contributed by atoms with van der Waals surface area (Å²) in [5, 5.41) is 12.9. The van der Waals surface area contributed by atoms with Gasteiger partial charge in [0.25, 0.3) is 0 Å². The number of anilines is 1. The molecule has 0 unspecified atom stereocenters. The summed E-state index contributed by atoms with van der Waals surface area (Å²) >= 11 is 0. The lowest BCUT2D eigenvalue weighted by Crippen LogP contribution is -2.22. The van der Waals surface area contributed by atoms with E-state index < -0.39 is 0 Å². The minimum absolute atomic E-state index is 0.0494. The maximum absolute atomic E-state index is 4.43. The zero-order valence-electron chi connectivity index (χ0n) is 12.5. The van der Waals surface area contributed by atoms with Gasteiger partial charge in [0.1, 0.15) is 5.69 Å². The van der Waals surface area contributed by atoms with Crippen LogP contribution in [0.2, 0.25) is 0 Å². The number of aromatic nitrogens is 4. The molecule has 0 aliphatic heterocycles. The third-order valence-electron chi connectivity index (χ3n) is 3.32. The van der Waals surface area contributed by atoms with Crippen LogP contribution in [0.15, 0.2) is 42.7 Å². The van der Waals surface area contributed by atoms with Crippen molar-refractivity contribution in [1.82, 2.24) is 20.0 Å². The van der Waals surface area contributed by atoms with Gasteiger partial charge in [0, 0.05) is 11.6 Å². The first-order valence-electron chi connectivity index (χ1n) is 7.03. The Morgan fingerprint density at radius 2 is 1.95 bits per heavy atom. The summed E-state index contributed by atoms with van der Waals surface area (Å²) in [5.41, 5.74) is 2.85.